The number of esters is 1. The van der Waals surface area contributed by atoms with Crippen molar-refractivity contribution < 1.29 is 68.7 Å². The van der Waals surface area contributed by atoms with E-state index in [1.165, 1.54) is 6.92 Å². The Balaban J connectivity index is 1.13. The Hall–Kier alpha value is -3.29. The monoisotopic (exact) mass is 732 g/mol. The Labute approximate surface area is 300 Å². The van der Waals surface area contributed by atoms with E-state index < -0.39 is 91.3 Å². The summed E-state index contributed by atoms with van der Waals surface area (Å²) in [5.41, 5.74) is 1.04. The number of fused-ring (bicyclic) bond motifs is 1. The van der Waals surface area contributed by atoms with Crippen LogP contribution in [0.4, 0.5) is 0 Å². The van der Waals surface area contributed by atoms with Crippen LogP contribution in [0.15, 0.2) is 42.0 Å². The first-order valence-electron chi connectivity index (χ1n) is 17.8. The highest BCUT2D eigenvalue weighted by atomic mass is 16.8. The van der Waals surface area contributed by atoms with E-state index in [2.05, 4.69) is 10.6 Å². The molecule has 3 aliphatic carbocycles. The van der Waals surface area contributed by atoms with E-state index in [0.29, 0.717) is 5.56 Å². The van der Waals surface area contributed by atoms with Crippen LogP contribution < -0.4 is 10.6 Å². The minimum absolute atomic E-state index is 0.0345. The molecule has 286 valence electrons. The maximum atomic E-state index is 13.6. The van der Waals surface area contributed by atoms with Gasteiger partial charge in [-0.1, -0.05) is 24.3 Å². The van der Waals surface area contributed by atoms with E-state index in [1.54, 1.807) is 42.5 Å². The summed E-state index contributed by atoms with van der Waals surface area (Å²) >= 11 is 0. The van der Waals surface area contributed by atoms with Gasteiger partial charge in [-0.25, -0.2) is 4.79 Å². The molecule has 2 saturated heterocycles. The predicted molar refractivity (Wildman–Crippen MR) is 179 cm³/mol. The molecule has 10 unspecified atom stereocenters. The van der Waals surface area contributed by atoms with Gasteiger partial charge >= 0.3 is 5.97 Å². The normalized spacial score (nSPS) is 32.4. The zero-order valence-electron chi connectivity index (χ0n) is 28.8. The number of hydrogen-bond acceptors (Lipinski definition) is 14. The zero-order valence-corrected chi connectivity index (χ0v) is 28.8. The van der Waals surface area contributed by atoms with Crippen LogP contribution in [0.3, 0.4) is 0 Å². The Kier molecular flexibility index (Phi) is 12.1. The van der Waals surface area contributed by atoms with Gasteiger partial charge in [0.1, 0.15) is 48.8 Å². The summed E-state index contributed by atoms with van der Waals surface area (Å²) < 4.78 is 30.1. The molecule has 10 atom stereocenters. The molecule has 0 radical (unpaired) electrons. The van der Waals surface area contributed by atoms with Crippen molar-refractivity contribution in [1.82, 2.24) is 10.6 Å². The molecule has 1 aromatic rings. The number of rotatable bonds is 15. The number of carbonyl (C=O) groups excluding carboxylic acids is 3. The second-order valence-corrected chi connectivity index (χ2v) is 14.0. The highest BCUT2D eigenvalue weighted by molar-refractivity contribution is 5.97. The van der Waals surface area contributed by atoms with Crippen LogP contribution in [0.5, 0.6) is 0 Å². The Bertz CT molecular complexity index is 1500. The molecule has 2 saturated carbocycles. The van der Waals surface area contributed by atoms with E-state index in [1.807, 2.05) is 0 Å². The van der Waals surface area contributed by atoms with Crippen LogP contribution in [0.2, 0.25) is 0 Å². The van der Waals surface area contributed by atoms with Gasteiger partial charge in [0.15, 0.2) is 12.1 Å². The van der Waals surface area contributed by atoms with Gasteiger partial charge in [0.05, 0.1) is 31.5 Å². The van der Waals surface area contributed by atoms with E-state index >= 15 is 0 Å². The van der Waals surface area contributed by atoms with Crippen LogP contribution in [-0.2, 0) is 33.3 Å². The molecule has 52 heavy (non-hydrogen) atoms. The van der Waals surface area contributed by atoms with Crippen molar-refractivity contribution >= 4 is 23.9 Å². The lowest BCUT2D eigenvalue weighted by Crippen LogP contribution is -2.59. The van der Waals surface area contributed by atoms with Crippen molar-refractivity contribution in [3.05, 3.63) is 53.1 Å². The molecule has 0 bridgehead atoms. The first-order valence-corrected chi connectivity index (χ1v) is 17.8. The number of nitrogens with one attached hydrogen (secondary N) is 2. The Morgan fingerprint density at radius 3 is 2.42 bits per heavy atom. The Morgan fingerprint density at radius 1 is 1.04 bits per heavy atom. The van der Waals surface area contributed by atoms with Gasteiger partial charge in [-0.2, -0.15) is 0 Å². The van der Waals surface area contributed by atoms with Crippen molar-refractivity contribution in [2.45, 2.75) is 106 Å². The van der Waals surface area contributed by atoms with Crippen molar-refractivity contribution in [2.24, 2.45) is 11.8 Å². The molecule has 1 aromatic carbocycles. The first-order chi connectivity index (χ1) is 24.9. The molecule has 0 aromatic heterocycles. The molecule has 2 aliphatic heterocycles. The zero-order chi connectivity index (χ0) is 37.2. The van der Waals surface area contributed by atoms with Crippen LogP contribution in [0.1, 0.15) is 54.9 Å². The summed E-state index contributed by atoms with van der Waals surface area (Å²) in [6.07, 6.45) is -1.84. The molecule has 16 nitrogen and oxygen atoms in total. The fraction of sp³-hybridized carbons (Fsp3) is 0.639. The third kappa shape index (κ3) is 8.41. The van der Waals surface area contributed by atoms with Gasteiger partial charge in [0.2, 0.25) is 11.8 Å². The summed E-state index contributed by atoms with van der Waals surface area (Å²) in [6, 6.07) is 5.28. The standard InChI is InChI=1S/C36H48N2O14/c1-18(41)27(33(46)37-11-12-39)38-32(45)21-15-24(31-25(16-21)51-36(52-31,22-7-8-22)23-9-10-23)49-34(47)20-6-2-4-19(14-20)5-3-13-48-35-30(44)29(43)28(42)26(17-40)50-35/h2-6,14,16,18,22-31,35,39-44H,7-13,15,17H2,1H3,(H,37,46)(H,38,45). The fourth-order valence-electron chi connectivity index (χ4n) is 7.01. The topological polar surface area (TPSA) is 243 Å². The minimum Gasteiger partial charge on any atom is -0.456 e. The molecule has 0 spiro atoms. The summed E-state index contributed by atoms with van der Waals surface area (Å²) in [6.45, 7) is 0.355. The lowest BCUT2D eigenvalue weighted by molar-refractivity contribution is -0.298. The lowest BCUT2D eigenvalue weighted by atomic mass is 9.91. The average Bonchev–Trinajstić information content (AvgIpc) is 4.08. The smallest absolute Gasteiger partial charge is 0.338 e. The molecule has 6 rings (SSSR count). The second kappa shape index (κ2) is 16.4. The average molecular weight is 733 g/mol. The molecular weight excluding hydrogens is 684 g/mol. The fourth-order valence-corrected chi connectivity index (χ4v) is 7.01. The quantitative estimate of drug-likeness (QED) is 0.0973. The number of benzene rings is 1. The van der Waals surface area contributed by atoms with Crippen molar-refractivity contribution in [1.29, 1.82) is 0 Å². The maximum absolute atomic E-state index is 13.6. The molecule has 8 N–H and O–H groups in total. The molecule has 4 fully saturated rings. The van der Waals surface area contributed by atoms with Gasteiger partial charge in [-0.3, -0.25) is 9.59 Å². The number of amides is 2. The molecule has 5 aliphatic rings. The summed E-state index contributed by atoms with van der Waals surface area (Å²) in [7, 11) is 0. The largest absolute Gasteiger partial charge is 0.456 e. The van der Waals surface area contributed by atoms with E-state index in [0.717, 1.165) is 25.7 Å². The number of aliphatic hydroxyl groups is 6. The van der Waals surface area contributed by atoms with Gasteiger partial charge in [-0.15, -0.1) is 0 Å². The number of hydrogen-bond donors (Lipinski definition) is 8. The summed E-state index contributed by atoms with van der Waals surface area (Å²) in [5.74, 6) is -2.38. The van der Waals surface area contributed by atoms with Crippen molar-refractivity contribution in [3.8, 4) is 0 Å². The minimum atomic E-state index is -1.56. The van der Waals surface area contributed by atoms with E-state index in [-0.39, 0.29) is 49.2 Å². The summed E-state index contributed by atoms with van der Waals surface area (Å²) in [4.78, 5) is 39.8. The number of ether oxygens (including phenoxy) is 5. The highest BCUT2D eigenvalue weighted by Gasteiger charge is 2.64. The van der Waals surface area contributed by atoms with E-state index in [4.69, 9.17) is 28.8 Å². The summed E-state index contributed by atoms with van der Waals surface area (Å²) in [5, 5.41) is 63.8. The first kappa shape index (κ1) is 38.4. The predicted octanol–water partition coefficient (Wildman–Crippen LogP) is -1.35. The molecule has 2 amide bonds. The van der Waals surface area contributed by atoms with Gasteiger partial charge in [0, 0.05) is 30.4 Å². The van der Waals surface area contributed by atoms with Gasteiger partial charge in [-0.05, 0) is 56.4 Å². The van der Waals surface area contributed by atoms with Crippen LogP contribution in [0, 0.1) is 11.8 Å². The van der Waals surface area contributed by atoms with Crippen molar-refractivity contribution in [2.75, 3.05) is 26.4 Å². The number of carbonyl (C=O) groups is 3. The van der Waals surface area contributed by atoms with Gasteiger partial charge in [0.25, 0.3) is 0 Å². The molecular formula is C36H48N2O14. The third-order valence-electron chi connectivity index (χ3n) is 10.1. The Morgan fingerprint density at radius 2 is 1.77 bits per heavy atom. The second-order valence-electron chi connectivity index (χ2n) is 14.0. The lowest BCUT2D eigenvalue weighted by Gasteiger charge is -2.39. The SMILES string of the molecule is CC(O)C(NC(=O)C1=CC2OC(C3CC3)(C3CC3)OC2C(OC(=O)c2cccc(C=CCOC3OC(CO)C(O)C(O)C3O)c2)C1)C(=O)NCCO. The third-order valence-corrected chi connectivity index (χ3v) is 10.1. The highest BCUT2D eigenvalue weighted by Crippen LogP contribution is 2.59. The van der Waals surface area contributed by atoms with Crippen LogP contribution in [0.25, 0.3) is 6.08 Å². The number of aliphatic hydroxyl groups excluding tert-OH is 6. The van der Waals surface area contributed by atoms with Crippen LogP contribution in [-0.4, -0.2) is 142 Å². The van der Waals surface area contributed by atoms with E-state index in [9.17, 15) is 39.9 Å². The van der Waals surface area contributed by atoms with Crippen LogP contribution >= 0.6 is 0 Å². The maximum Gasteiger partial charge on any atom is 0.338 e. The van der Waals surface area contributed by atoms with Crippen molar-refractivity contribution in [3.63, 3.8) is 0 Å². The van der Waals surface area contributed by atoms with Gasteiger partial charge < -0.3 is 65.0 Å². The molecule has 2 heterocycles. The molecule has 16 heteroatoms.